The van der Waals surface area contributed by atoms with E-state index in [-0.39, 0.29) is 11.9 Å². The largest absolute Gasteiger partial charge is 0.433 e. The summed E-state index contributed by atoms with van der Waals surface area (Å²) >= 11 is 0. The first-order valence-corrected chi connectivity index (χ1v) is 6.27. The number of hydrogen-bond donors (Lipinski definition) is 1. The van der Waals surface area contributed by atoms with Crippen molar-refractivity contribution in [1.82, 2.24) is 4.90 Å². The molecule has 6 nitrogen and oxygen atoms in total. The average molecular weight is 253 g/mol. The summed E-state index contributed by atoms with van der Waals surface area (Å²) < 4.78 is 5.17. The highest BCUT2D eigenvalue weighted by atomic mass is 16.6. The summed E-state index contributed by atoms with van der Waals surface area (Å²) in [6, 6.07) is 3.27. The Morgan fingerprint density at radius 2 is 2.44 bits per heavy atom. The molecule has 2 unspecified atom stereocenters. The average Bonchev–Trinajstić information content (AvgIpc) is 2.78. The van der Waals surface area contributed by atoms with Gasteiger partial charge >= 0.3 is 5.88 Å². The first kappa shape index (κ1) is 13.0. The monoisotopic (exact) mass is 253 g/mol. The second-order valence-corrected chi connectivity index (χ2v) is 4.99. The second kappa shape index (κ2) is 5.49. The lowest BCUT2D eigenvalue weighted by Crippen LogP contribution is -2.41. The van der Waals surface area contributed by atoms with Crippen molar-refractivity contribution in [3.05, 3.63) is 28.0 Å². The van der Waals surface area contributed by atoms with Crippen LogP contribution in [-0.2, 0) is 6.54 Å². The second-order valence-electron chi connectivity index (χ2n) is 4.99. The summed E-state index contributed by atoms with van der Waals surface area (Å²) in [6.07, 6.45) is 2.28. The van der Waals surface area contributed by atoms with Crippen LogP contribution in [0, 0.1) is 16.0 Å². The quantitative estimate of drug-likeness (QED) is 0.652. The molecule has 0 aromatic carbocycles. The van der Waals surface area contributed by atoms with Crippen LogP contribution < -0.4 is 5.73 Å². The van der Waals surface area contributed by atoms with E-state index in [1.165, 1.54) is 6.07 Å². The molecule has 18 heavy (non-hydrogen) atoms. The van der Waals surface area contributed by atoms with Crippen LogP contribution in [0.15, 0.2) is 16.5 Å². The minimum Gasteiger partial charge on any atom is -0.404 e. The Labute approximate surface area is 106 Å². The summed E-state index contributed by atoms with van der Waals surface area (Å²) in [4.78, 5) is 12.3. The Bertz CT molecular complexity index is 416. The summed E-state index contributed by atoms with van der Waals surface area (Å²) in [5.41, 5.74) is 5.93. The van der Waals surface area contributed by atoms with Crippen LogP contribution in [0.2, 0.25) is 0 Å². The summed E-state index contributed by atoms with van der Waals surface area (Å²) in [7, 11) is 0. The number of piperidine rings is 1. The van der Waals surface area contributed by atoms with Crippen LogP contribution in [0.25, 0.3) is 0 Å². The van der Waals surface area contributed by atoms with Gasteiger partial charge in [-0.15, -0.1) is 0 Å². The molecule has 2 atom stereocenters. The highest BCUT2D eigenvalue weighted by molar-refractivity contribution is 5.17. The van der Waals surface area contributed by atoms with Crippen LogP contribution in [0.3, 0.4) is 0 Å². The van der Waals surface area contributed by atoms with E-state index < -0.39 is 4.92 Å². The molecule has 0 amide bonds. The van der Waals surface area contributed by atoms with Crippen molar-refractivity contribution in [2.75, 3.05) is 13.1 Å². The van der Waals surface area contributed by atoms with E-state index in [1.54, 1.807) is 6.07 Å². The number of nitro groups is 1. The van der Waals surface area contributed by atoms with E-state index >= 15 is 0 Å². The third-order valence-corrected chi connectivity index (χ3v) is 3.49. The van der Waals surface area contributed by atoms with Crippen LogP contribution in [-0.4, -0.2) is 29.0 Å². The van der Waals surface area contributed by atoms with Gasteiger partial charge in [0.05, 0.1) is 12.6 Å². The molecule has 100 valence electrons. The van der Waals surface area contributed by atoms with Crippen LogP contribution in [0.5, 0.6) is 0 Å². The zero-order chi connectivity index (χ0) is 13.1. The molecule has 0 bridgehead atoms. The van der Waals surface area contributed by atoms with Crippen molar-refractivity contribution < 1.29 is 9.34 Å². The van der Waals surface area contributed by atoms with E-state index in [0.717, 1.165) is 25.9 Å². The lowest BCUT2D eigenvalue weighted by atomic mass is 9.92. The first-order valence-electron chi connectivity index (χ1n) is 6.27. The number of furan rings is 1. The molecule has 1 saturated heterocycles. The highest BCUT2D eigenvalue weighted by Gasteiger charge is 2.23. The van der Waals surface area contributed by atoms with Crippen molar-refractivity contribution in [3.8, 4) is 0 Å². The SMILES string of the molecule is CC(N)C1CCCN(Cc2ccc([N+](=O)[O-])o2)C1. The zero-order valence-electron chi connectivity index (χ0n) is 10.5. The third-order valence-electron chi connectivity index (χ3n) is 3.49. The maximum Gasteiger partial charge on any atom is 0.433 e. The summed E-state index contributed by atoms with van der Waals surface area (Å²) in [5.74, 6) is 0.960. The molecule has 2 rings (SSSR count). The first-order chi connectivity index (χ1) is 8.56. The summed E-state index contributed by atoms with van der Waals surface area (Å²) in [6.45, 7) is 4.59. The maximum absolute atomic E-state index is 10.5. The minimum atomic E-state index is -0.509. The molecule has 0 saturated carbocycles. The fraction of sp³-hybridized carbons (Fsp3) is 0.667. The Hall–Kier alpha value is -1.40. The predicted molar refractivity (Wildman–Crippen MR) is 67.0 cm³/mol. The Morgan fingerprint density at radius 3 is 3.06 bits per heavy atom. The number of nitrogens with two attached hydrogens (primary N) is 1. The van der Waals surface area contributed by atoms with Gasteiger partial charge in [0.15, 0.2) is 0 Å². The van der Waals surface area contributed by atoms with Crippen molar-refractivity contribution in [2.24, 2.45) is 11.7 Å². The lowest BCUT2D eigenvalue weighted by molar-refractivity contribution is -0.402. The van der Waals surface area contributed by atoms with Gasteiger partial charge in [0, 0.05) is 12.6 Å². The van der Waals surface area contributed by atoms with Crippen molar-refractivity contribution in [3.63, 3.8) is 0 Å². The molecule has 1 aromatic rings. The van der Waals surface area contributed by atoms with Gasteiger partial charge < -0.3 is 10.2 Å². The number of hydrogen-bond acceptors (Lipinski definition) is 5. The van der Waals surface area contributed by atoms with E-state index in [0.29, 0.717) is 18.2 Å². The molecule has 1 fully saturated rings. The fourth-order valence-electron chi connectivity index (χ4n) is 2.43. The summed E-state index contributed by atoms with van der Waals surface area (Å²) in [5, 5.41) is 10.5. The van der Waals surface area contributed by atoms with Gasteiger partial charge in [-0.05, 0) is 38.3 Å². The van der Waals surface area contributed by atoms with E-state index in [9.17, 15) is 10.1 Å². The smallest absolute Gasteiger partial charge is 0.404 e. The molecular formula is C12H19N3O3. The molecule has 0 spiro atoms. The Balaban J connectivity index is 1.94. The molecular weight excluding hydrogens is 234 g/mol. The number of likely N-dealkylation sites (tertiary alicyclic amines) is 1. The molecule has 1 aromatic heterocycles. The van der Waals surface area contributed by atoms with Crippen molar-refractivity contribution in [1.29, 1.82) is 0 Å². The molecule has 0 aliphatic carbocycles. The van der Waals surface area contributed by atoms with E-state index in [2.05, 4.69) is 4.90 Å². The minimum absolute atomic E-state index is 0.189. The Kier molecular flexibility index (Phi) is 3.98. The standard InChI is InChI=1S/C12H19N3O3/c1-9(13)10-3-2-6-14(7-10)8-11-4-5-12(18-11)15(16)17/h4-5,9-10H,2-3,6-8,13H2,1H3. The van der Waals surface area contributed by atoms with Gasteiger partial charge in [-0.25, -0.2) is 0 Å². The molecule has 2 heterocycles. The topological polar surface area (TPSA) is 85.5 Å². The van der Waals surface area contributed by atoms with Gasteiger partial charge in [-0.3, -0.25) is 15.0 Å². The van der Waals surface area contributed by atoms with Gasteiger partial charge in [-0.2, -0.15) is 0 Å². The molecule has 0 radical (unpaired) electrons. The maximum atomic E-state index is 10.5. The van der Waals surface area contributed by atoms with Gasteiger partial charge in [-0.1, -0.05) is 0 Å². The zero-order valence-corrected chi connectivity index (χ0v) is 10.5. The predicted octanol–water partition coefficient (Wildman–Crippen LogP) is 1.75. The normalized spacial score (nSPS) is 22.9. The van der Waals surface area contributed by atoms with E-state index in [4.69, 9.17) is 10.2 Å². The number of nitrogens with zero attached hydrogens (tertiary/aromatic N) is 2. The molecule has 2 N–H and O–H groups in total. The van der Waals surface area contributed by atoms with Gasteiger partial charge in [0.25, 0.3) is 0 Å². The third kappa shape index (κ3) is 3.08. The molecule has 1 aliphatic heterocycles. The van der Waals surface area contributed by atoms with Crippen molar-refractivity contribution in [2.45, 2.75) is 32.4 Å². The van der Waals surface area contributed by atoms with Crippen LogP contribution in [0.1, 0.15) is 25.5 Å². The van der Waals surface area contributed by atoms with E-state index in [1.807, 2.05) is 6.92 Å². The highest BCUT2D eigenvalue weighted by Crippen LogP contribution is 2.22. The number of rotatable bonds is 4. The lowest BCUT2D eigenvalue weighted by Gasteiger charge is -2.33. The van der Waals surface area contributed by atoms with Crippen LogP contribution >= 0.6 is 0 Å². The van der Waals surface area contributed by atoms with Gasteiger partial charge in [0.1, 0.15) is 10.7 Å². The van der Waals surface area contributed by atoms with Crippen LogP contribution in [0.4, 0.5) is 5.88 Å². The Morgan fingerprint density at radius 1 is 1.67 bits per heavy atom. The molecule has 1 aliphatic rings. The van der Waals surface area contributed by atoms with Gasteiger partial charge in [0.2, 0.25) is 0 Å². The van der Waals surface area contributed by atoms with Crippen molar-refractivity contribution >= 4 is 5.88 Å². The molecule has 6 heteroatoms. The fourth-order valence-corrected chi connectivity index (χ4v) is 2.43.